The van der Waals surface area contributed by atoms with Crippen LogP contribution in [-0.4, -0.2) is 40.6 Å². The molecule has 0 aliphatic carbocycles. The molecule has 0 atom stereocenters. The second kappa shape index (κ2) is 8.36. The number of halogens is 3. The van der Waals surface area contributed by atoms with E-state index in [1.807, 2.05) is 0 Å². The topological polar surface area (TPSA) is 122 Å². The second-order valence-corrected chi connectivity index (χ2v) is 4.97. The molecule has 11 heteroatoms. The first kappa shape index (κ1) is 19.3. The van der Waals surface area contributed by atoms with E-state index in [-0.39, 0.29) is 24.7 Å². The molecule has 1 aromatic carbocycles. The van der Waals surface area contributed by atoms with Gasteiger partial charge < -0.3 is 20.9 Å². The minimum atomic E-state index is -4.75. The van der Waals surface area contributed by atoms with Crippen molar-refractivity contribution in [2.75, 3.05) is 18.5 Å². The number of aromatic nitrogens is 1. The Morgan fingerprint density at radius 3 is 2.58 bits per heavy atom. The predicted octanol–water partition coefficient (Wildman–Crippen LogP) is 1.51. The van der Waals surface area contributed by atoms with Gasteiger partial charge >= 0.3 is 6.36 Å². The standard InChI is InChI=1S/C15H17F3N6O2/c16-15(17,18)26-11-5-3-10(4-6-11)22-14-12(2-1-7-21-14)13(19)23-24(20)8-9-25/h1-7,25H,8-9,20H2,(H2,19,23)(H,21,22). The van der Waals surface area contributed by atoms with Crippen molar-refractivity contribution in [3.63, 3.8) is 0 Å². The second-order valence-electron chi connectivity index (χ2n) is 4.97. The summed E-state index contributed by atoms with van der Waals surface area (Å²) in [6.07, 6.45) is -3.25. The Morgan fingerprint density at radius 1 is 1.27 bits per heavy atom. The molecule has 0 saturated carbocycles. The molecule has 140 valence electrons. The Morgan fingerprint density at radius 2 is 1.96 bits per heavy atom. The first-order valence-electron chi connectivity index (χ1n) is 7.34. The van der Waals surface area contributed by atoms with Crippen LogP contribution in [0, 0.1) is 0 Å². The molecule has 26 heavy (non-hydrogen) atoms. The Balaban J connectivity index is 2.17. The van der Waals surface area contributed by atoms with Crippen LogP contribution < -0.4 is 21.6 Å². The number of nitrogens with one attached hydrogen (secondary N) is 1. The maximum Gasteiger partial charge on any atom is 0.573 e. The monoisotopic (exact) mass is 370 g/mol. The van der Waals surface area contributed by atoms with Gasteiger partial charge in [0.25, 0.3) is 0 Å². The van der Waals surface area contributed by atoms with Gasteiger partial charge in [0.1, 0.15) is 11.6 Å². The van der Waals surface area contributed by atoms with E-state index in [1.54, 1.807) is 12.1 Å². The number of aliphatic hydroxyl groups is 1. The van der Waals surface area contributed by atoms with E-state index in [4.69, 9.17) is 16.7 Å². The summed E-state index contributed by atoms with van der Waals surface area (Å²) in [6, 6.07) is 8.40. The largest absolute Gasteiger partial charge is 0.573 e. The lowest BCUT2D eigenvalue weighted by molar-refractivity contribution is -0.274. The Bertz CT molecular complexity index is 752. The molecule has 1 heterocycles. The van der Waals surface area contributed by atoms with Crippen LogP contribution in [0.1, 0.15) is 5.56 Å². The summed E-state index contributed by atoms with van der Waals surface area (Å²) in [7, 11) is 0. The number of rotatable bonds is 7. The lowest BCUT2D eigenvalue weighted by atomic mass is 10.2. The molecule has 0 fully saturated rings. The van der Waals surface area contributed by atoms with E-state index in [0.29, 0.717) is 17.1 Å². The smallest absolute Gasteiger partial charge is 0.406 e. The number of nitrogens with zero attached hydrogens (tertiary/aromatic N) is 3. The van der Waals surface area contributed by atoms with Crippen LogP contribution in [0.25, 0.3) is 0 Å². The highest BCUT2D eigenvalue weighted by atomic mass is 19.4. The number of ether oxygens (including phenoxy) is 1. The molecular formula is C15H17F3N6O2. The number of anilines is 2. The highest BCUT2D eigenvalue weighted by molar-refractivity contribution is 6.01. The average Bonchev–Trinajstić information content (AvgIpc) is 2.56. The molecule has 0 unspecified atom stereocenters. The van der Waals surface area contributed by atoms with Crippen LogP contribution in [0.5, 0.6) is 5.75 Å². The van der Waals surface area contributed by atoms with Crippen LogP contribution in [-0.2, 0) is 0 Å². The van der Waals surface area contributed by atoms with E-state index in [1.165, 1.54) is 30.5 Å². The zero-order valence-corrected chi connectivity index (χ0v) is 13.4. The maximum absolute atomic E-state index is 12.2. The number of pyridine rings is 1. The fourth-order valence-corrected chi connectivity index (χ4v) is 1.93. The molecule has 0 amide bonds. The number of amidine groups is 1. The van der Waals surface area contributed by atoms with Crippen molar-refractivity contribution in [2.24, 2.45) is 16.7 Å². The van der Waals surface area contributed by atoms with Gasteiger partial charge in [-0.25, -0.2) is 15.9 Å². The van der Waals surface area contributed by atoms with E-state index < -0.39 is 6.36 Å². The van der Waals surface area contributed by atoms with Crippen LogP contribution in [0.4, 0.5) is 24.7 Å². The Labute approximate surface area is 146 Å². The summed E-state index contributed by atoms with van der Waals surface area (Å²) in [5.74, 6) is 5.59. The highest BCUT2D eigenvalue weighted by Gasteiger charge is 2.30. The fourth-order valence-electron chi connectivity index (χ4n) is 1.93. The Hall–Kier alpha value is -3.05. The van der Waals surface area contributed by atoms with Gasteiger partial charge in [-0.3, -0.25) is 0 Å². The number of hydrogen-bond acceptors (Lipinski definition) is 7. The van der Waals surface area contributed by atoms with Crippen LogP contribution in [0.3, 0.4) is 0 Å². The normalized spacial score (nSPS) is 12.0. The van der Waals surface area contributed by atoms with Gasteiger partial charge in [-0.05, 0) is 36.4 Å². The highest BCUT2D eigenvalue weighted by Crippen LogP contribution is 2.25. The van der Waals surface area contributed by atoms with E-state index in [9.17, 15) is 13.2 Å². The number of hydrogen-bond donors (Lipinski definition) is 4. The summed E-state index contributed by atoms with van der Waals surface area (Å²) >= 11 is 0. The number of benzene rings is 1. The van der Waals surface area contributed by atoms with Crippen molar-refractivity contribution >= 4 is 17.3 Å². The van der Waals surface area contributed by atoms with Crippen LogP contribution >= 0.6 is 0 Å². The number of nitrogens with two attached hydrogens (primary N) is 2. The first-order valence-corrected chi connectivity index (χ1v) is 7.34. The summed E-state index contributed by atoms with van der Waals surface area (Å²) in [6.45, 7) is -0.109. The van der Waals surface area contributed by atoms with Crippen molar-refractivity contribution in [2.45, 2.75) is 6.36 Å². The third-order valence-electron chi connectivity index (χ3n) is 3.00. The van der Waals surface area contributed by atoms with Gasteiger partial charge in [0.15, 0.2) is 5.84 Å². The summed E-state index contributed by atoms with van der Waals surface area (Å²) in [4.78, 5) is 4.14. The fraction of sp³-hybridized carbons (Fsp3) is 0.200. The van der Waals surface area contributed by atoms with E-state index in [2.05, 4.69) is 20.1 Å². The van der Waals surface area contributed by atoms with E-state index >= 15 is 0 Å². The molecular weight excluding hydrogens is 353 g/mol. The molecule has 0 aliphatic rings. The molecule has 0 saturated heterocycles. The van der Waals surface area contributed by atoms with Crippen molar-refractivity contribution in [1.29, 1.82) is 0 Å². The minimum Gasteiger partial charge on any atom is -0.406 e. The quantitative estimate of drug-likeness (QED) is 0.252. The van der Waals surface area contributed by atoms with E-state index in [0.717, 1.165) is 5.12 Å². The third kappa shape index (κ3) is 5.79. The van der Waals surface area contributed by atoms with Crippen LogP contribution in [0.2, 0.25) is 0 Å². The van der Waals surface area contributed by atoms with Crippen molar-refractivity contribution in [3.05, 3.63) is 48.2 Å². The van der Waals surface area contributed by atoms with Crippen molar-refractivity contribution in [3.8, 4) is 5.75 Å². The molecule has 6 N–H and O–H groups in total. The van der Waals surface area contributed by atoms with Gasteiger partial charge in [0.05, 0.1) is 18.7 Å². The molecule has 0 spiro atoms. The lowest BCUT2D eigenvalue weighted by Gasteiger charge is -2.14. The average molecular weight is 370 g/mol. The van der Waals surface area contributed by atoms with Crippen molar-refractivity contribution in [1.82, 2.24) is 10.1 Å². The number of hydrazone groups is 1. The maximum atomic E-state index is 12.2. The molecule has 0 radical (unpaired) electrons. The zero-order chi connectivity index (χ0) is 19.2. The zero-order valence-electron chi connectivity index (χ0n) is 13.4. The van der Waals surface area contributed by atoms with Gasteiger partial charge in [0, 0.05) is 11.9 Å². The van der Waals surface area contributed by atoms with Crippen LogP contribution in [0.15, 0.2) is 47.7 Å². The SMILES string of the molecule is N/C(=N\N(N)CCO)c1cccnc1Nc1ccc(OC(F)(F)F)cc1. The molecule has 2 rings (SSSR count). The van der Waals surface area contributed by atoms with Gasteiger partial charge in [-0.1, -0.05) is 0 Å². The number of alkyl halides is 3. The summed E-state index contributed by atoms with van der Waals surface area (Å²) in [5.41, 5.74) is 6.79. The first-order chi connectivity index (χ1) is 12.3. The lowest BCUT2D eigenvalue weighted by Crippen LogP contribution is -2.32. The number of aliphatic hydroxyl groups excluding tert-OH is 1. The van der Waals surface area contributed by atoms with Gasteiger partial charge in [0.2, 0.25) is 0 Å². The summed E-state index contributed by atoms with van der Waals surface area (Å²) in [5, 5.41) is 16.7. The van der Waals surface area contributed by atoms with Crippen molar-refractivity contribution < 1.29 is 23.0 Å². The predicted molar refractivity (Wildman–Crippen MR) is 89.3 cm³/mol. The van der Waals surface area contributed by atoms with Gasteiger partial charge in [-0.2, -0.15) is 0 Å². The number of hydrazine groups is 1. The third-order valence-corrected chi connectivity index (χ3v) is 3.00. The molecule has 1 aromatic heterocycles. The molecule has 0 bridgehead atoms. The molecule has 2 aromatic rings. The molecule has 0 aliphatic heterocycles. The summed E-state index contributed by atoms with van der Waals surface area (Å²) < 4.78 is 40.4. The minimum absolute atomic E-state index is 0.0496. The van der Waals surface area contributed by atoms with Gasteiger partial charge in [-0.15, -0.1) is 18.3 Å². The Kier molecular flexibility index (Phi) is 6.20. The molecule has 8 nitrogen and oxygen atoms in total.